The molecule has 4 rings (SSSR count). The lowest BCUT2D eigenvalue weighted by molar-refractivity contribution is -0.137. The van der Waals surface area contributed by atoms with Crippen molar-refractivity contribution in [3.8, 4) is 0 Å². The van der Waals surface area contributed by atoms with E-state index in [2.05, 4.69) is 9.80 Å². The molecule has 1 unspecified atom stereocenters. The van der Waals surface area contributed by atoms with Crippen LogP contribution in [0.3, 0.4) is 0 Å². The van der Waals surface area contributed by atoms with Gasteiger partial charge >= 0.3 is 0 Å². The van der Waals surface area contributed by atoms with Crippen LogP contribution in [0.4, 0.5) is 5.13 Å². The molecule has 2 fully saturated rings. The Kier molecular flexibility index (Phi) is 5.90. The number of piperazine rings is 1. The van der Waals surface area contributed by atoms with Crippen molar-refractivity contribution >= 4 is 28.3 Å². The molecule has 0 radical (unpaired) electrons. The normalized spacial score (nSPS) is 23.1. The van der Waals surface area contributed by atoms with Crippen LogP contribution in [0.1, 0.15) is 50.1 Å². The predicted molar refractivity (Wildman–Crippen MR) is 112 cm³/mol. The fraction of sp³-hybridized carbons (Fsp3) is 0.762. The molecule has 0 spiro atoms. The number of carbonyl (C=O) groups excluding carboxylic acids is 2. The molecular weight excluding hydrogens is 372 g/mol. The van der Waals surface area contributed by atoms with Gasteiger partial charge in [0.15, 0.2) is 5.13 Å². The number of nitrogens with zero attached hydrogens (tertiary/aromatic N) is 4. The zero-order valence-corrected chi connectivity index (χ0v) is 18.0. The Morgan fingerprint density at radius 3 is 2.39 bits per heavy atom. The molecule has 0 aromatic carbocycles. The second kappa shape index (κ2) is 8.39. The van der Waals surface area contributed by atoms with E-state index in [0.29, 0.717) is 5.91 Å². The Balaban J connectivity index is 1.37. The summed E-state index contributed by atoms with van der Waals surface area (Å²) in [5.74, 6) is 0.811. The quantitative estimate of drug-likeness (QED) is 0.777. The number of anilines is 1. The van der Waals surface area contributed by atoms with Crippen LogP contribution in [0.2, 0.25) is 0 Å². The van der Waals surface area contributed by atoms with Gasteiger partial charge in [0.1, 0.15) is 0 Å². The largest absolute Gasteiger partial charge is 0.345 e. The lowest BCUT2D eigenvalue weighted by Gasteiger charge is -2.35. The minimum Gasteiger partial charge on any atom is -0.345 e. The molecule has 3 heterocycles. The topological polar surface area (TPSA) is 56.8 Å². The van der Waals surface area contributed by atoms with E-state index in [1.807, 2.05) is 18.7 Å². The van der Waals surface area contributed by atoms with Crippen molar-refractivity contribution in [2.75, 3.05) is 44.2 Å². The smallest absolute Gasteiger partial charge is 0.226 e. The number of hydrogen-bond donors (Lipinski definition) is 0. The lowest BCUT2D eigenvalue weighted by atomic mass is 9.89. The molecule has 0 N–H and O–H groups in total. The van der Waals surface area contributed by atoms with Crippen LogP contribution in [-0.2, 0) is 22.4 Å². The van der Waals surface area contributed by atoms with Crippen LogP contribution in [-0.4, -0.2) is 65.9 Å². The summed E-state index contributed by atoms with van der Waals surface area (Å²) in [4.78, 5) is 37.7. The van der Waals surface area contributed by atoms with Crippen LogP contribution in [0.25, 0.3) is 0 Å². The summed E-state index contributed by atoms with van der Waals surface area (Å²) >= 11 is 1.77. The highest BCUT2D eigenvalue weighted by Gasteiger charge is 2.32. The summed E-state index contributed by atoms with van der Waals surface area (Å²) < 4.78 is 0. The maximum absolute atomic E-state index is 12.9. The van der Waals surface area contributed by atoms with Crippen LogP contribution in [0.5, 0.6) is 0 Å². The molecule has 28 heavy (non-hydrogen) atoms. The maximum Gasteiger partial charge on any atom is 0.226 e. The minimum atomic E-state index is 0.0631. The van der Waals surface area contributed by atoms with Gasteiger partial charge in [-0.1, -0.05) is 13.8 Å². The minimum absolute atomic E-state index is 0.0631. The van der Waals surface area contributed by atoms with Gasteiger partial charge in [0, 0.05) is 56.0 Å². The third-order valence-corrected chi connectivity index (χ3v) is 7.48. The third kappa shape index (κ3) is 4.04. The molecular formula is C21H32N4O2S. The fourth-order valence-electron chi connectivity index (χ4n) is 4.56. The number of piperidine rings is 1. The van der Waals surface area contributed by atoms with Crippen molar-refractivity contribution in [2.24, 2.45) is 11.8 Å². The molecule has 1 aromatic rings. The van der Waals surface area contributed by atoms with E-state index in [4.69, 9.17) is 4.98 Å². The molecule has 2 saturated heterocycles. The summed E-state index contributed by atoms with van der Waals surface area (Å²) in [7, 11) is 0. The highest BCUT2D eigenvalue weighted by Crippen LogP contribution is 2.35. The Labute approximate surface area is 171 Å². The predicted octanol–water partition coefficient (Wildman–Crippen LogP) is 2.57. The Hall–Kier alpha value is -1.63. The molecule has 0 saturated carbocycles. The SMILES string of the molecule is CC(C)C(=O)N1CCN(c2nc3c(s2)CC(C(=O)N2CCCCC2)CC3)CC1. The Morgan fingerprint density at radius 2 is 1.71 bits per heavy atom. The number of fused-ring (bicyclic) bond motifs is 1. The van der Waals surface area contributed by atoms with E-state index in [1.165, 1.54) is 17.0 Å². The number of likely N-dealkylation sites (tertiary alicyclic amines) is 1. The summed E-state index contributed by atoms with van der Waals surface area (Å²) in [6.45, 7) is 9.05. The average molecular weight is 405 g/mol. The van der Waals surface area contributed by atoms with Gasteiger partial charge in [0.05, 0.1) is 5.69 Å². The number of amides is 2. The van der Waals surface area contributed by atoms with E-state index < -0.39 is 0 Å². The molecule has 2 amide bonds. The fourth-order valence-corrected chi connectivity index (χ4v) is 5.80. The molecule has 7 heteroatoms. The molecule has 3 aliphatic rings. The molecule has 1 aliphatic carbocycles. The van der Waals surface area contributed by atoms with Crippen LogP contribution in [0, 0.1) is 11.8 Å². The highest BCUT2D eigenvalue weighted by atomic mass is 32.1. The zero-order valence-electron chi connectivity index (χ0n) is 17.2. The van der Waals surface area contributed by atoms with Crippen molar-refractivity contribution < 1.29 is 9.59 Å². The first-order valence-electron chi connectivity index (χ1n) is 10.8. The van der Waals surface area contributed by atoms with Crippen molar-refractivity contribution in [3.05, 3.63) is 10.6 Å². The van der Waals surface area contributed by atoms with E-state index in [0.717, 1.165) is 76.5 Å². The van der Waals surface area contributed by atoms with Gasteiger partial charge < -0.3 is 14.7 Å². The number of rotatable bonds is 3. The van der Waals surface area contributed by atoms with E-state index in [9.17, 15) is 9.59 Å². The van der Waals surface area contributed by atoms with Gasteiger partial charge in [-0.15, -0.1) is 11.3 Å². The molecule has 0 bridgehead atoms. The zero-order chi connectivity index (χ0) is 19.7. The summed E-state index contributed by atoms with van der Waals surface area (Å²) in [5, 5.41) is 1.08. The van der Waals surface area contributed by atoms with Gasteiger partial charge in [0.25, 0.3) is 0 Å². The highest BCUT2D eigenvalue weighted by molar-refractivity contribution is 7.15. The van der Waals surface area contributed by atoms with E-state index in [1.54, 1.807) is 11.3 Å². The third-order valence-electron chi connectivity index (χ3n) is 6.30. The van der Waals surface area contributed by atoms with E-state index in [-0.39, 0.29) is 17.7 Å². The van der Waals surface area contributed by atoms with Gasteiger partial charge in [-0.3, -0.25) is 9.59 Å². The average Bonchev–Trinajstić information content (AvgIpc) is 3.16. The van der Waals surface area contributed by atoms with Crippen molar-refractivity contribution in [1.82, 2.24) is 14.8 Å². The summed E-state index contributed by atoms with van der Waals surface area (Å²) in [6.07, 6.45) is 6.27. The Morgan fingerprint density at radius 1 is 1.00 bits per heavy atom. The van der Waals surface area contributed by atoms with Crippen LogP contribution < -0.4 is 4.90 Å². The molecule has 1 aromatic heterocycles. The number of hydrogen-bond acceptors (Lipinski definition) is 5. The van der Waals surface area contributed by atoms with Gasteiger partial charge in [-0.25, -0.2) is 4.98 Å². The van der Waals surface area contributed by atoms with Gasteiger partial charge in [-0.2, -0.15) is 0 Å². The molecule has 6 nitrogen and oxygen atoms in total. The number of aryl methyl sites for hydroxylation is 1. The standard InChI is InChI=1S/C21H32N4O2S/c1-15(2)19(26)24-10-12-25(13-11-24)21-22-17-7-6-16(14-18(17)28-21)20(27)23-8-4-3-5-9-23/h15-16H,3-14H2,1-2H3. The number of carbonyl (C=O) groups is 2. The van der Waals surface area contributed by atoms with Crippen LogP contribution in [0.15, 0.2) is 0 Å². The number of thiazole rings is 1. The monoisotopic (exact) mass is 404 g/mol. The van der Waals surface area contributed by atoms with Crippen molar-refractivity contribution in [3.63, 3.8) is 0 Å². The first-order valence-corrected chi connectivity index (χ1v) is 11.7. The second-order valence-electron chi connectivity index (χ2n) is 8.66. The van der Waals surface area contributed by atoms with Crippen LogP contribution >= 0.6 is 11.3 Å². The van der Waals surface area contributed by atoms with Gasteiger partial charge in [0.2, 0.25) is 11.8 Å². The van der Waals surface area contributed by atoms with Crippen molar-refractivity contribution in [1.29, 1.82) is 0 Å². The first-order chi connectivity index (χ1) is 13.5. The lowest BCUT2D eigenvalue weighted by Crippen LogP contribution is -2.49. The number of aromatic nitrogens is 1. The molecule has 2 aliphatic heterocycles. The Bertz CT molecular complexity index is 718. The maximum atomic E-state index is 12.9. The molecule has 154 valence electrons. The summed E-state index contributed by atoms with van der Waals surface area (Å²) in [6, 6.07) is 0. The summed E-state index contributed by atoms with van der Waals surface area (Å²) in [5.41, 5.74) is 1.20. The van der Waals surface area contributed by atoms with Gasteiger partial charge in [-0.05, 0) is 38.5 Å². The van der Waals surface area contributed by atoms with Crippen molar-refractivity contribution in [2.45, 2.75) is 52.4 Å². The van der Waals surface area contributed by atoms with E-state index >= 15 is 0 Å². The first kappa shape index (κ1) is 19.7. The second-order valence-corrected chi connectivity index (χ2v) is 9.72. The molecule has 1 atom stereocenters.